The molecular weight excluding hydrogens is 545 g/mol. The molecular formula is C30H36FN5O2S2. The van der Waals surface area contributed by atoms with Gasteiger partial charge in [0.05, 0.1) is 4.91 Å². The van der Waals surface area contributed by atoms with Crippen LogP contribution in [0.4, 0.5) is 15.9 Å². The van der Waals surface area contributed by atoms with E-state index in [0.717, 1.165) is 49.2 Å². The highest BCUT2D eigenvalue weighted by Gasteiger charge is 2.33. The molecule has 2 aliphatic heterocycles. The number of aromatic nitrogens is 1. The van der Waals surface area contributed by atoms with Gasteiger partial charge >= 0.3 is 0 Å². The van der Waals surface area contributed by atoms with Crippen molar-refractivity contribution < 1.29 is 9.18 Å². The number of unbranched alkanes of at least 4 members (excludes halogenated alkanes) is 3. The van der Waals surface area contributed by atoms with Crippen molar-refractivity contribution in [3.05, 3.63) is 62.0 Å². The molecule has 2 aliphatic rings. The highest BCUT2D eigenvalue weighted by Crippen LogP contribution is 2.36. The average molecular weight is 582 g/mol. The van der Waals surface area contributed by atoms with Crippen molar-refractivity contribution in [2.45, 2.75) is 59.4 Å². The number of anilines is 2. The van der Waals surface area contributed by atoms with Gasteiger partial charge in [-0.3, -0.25) is 19.1 Å². The Bertz CT molecular complexity index is 1390. The molecule has 7 nitrogen and oxygen atoms in total. The lowest BCUT2D eigenvalue weighted by Crippen LogP contribution is -2.48. The standard InChI is InChI=1S/C30H36FN5O2S2/c1-4-6-8-14-36-29(38)26(40-30(36)39)19-24-21(3)25(20-32)28(37)35(13-7-5-2)27(24)34-17-15-33(16-18-34)23-11-9-22(31)10-12-23/h9-12,19H,4-8,13-18H2,1-3H3/b26-19-. The van der Waals surface area contributed by atoms with E-state index in [1.54, 1.807) is 28.5 Å². The number of benzene rings is 1. The first-order chi connectivity index (χ1) is 19.3. The van der Waals surface area contributed by atoms with Crippen LogP contribution in [0.5, 0.6) is 0 Å². The lowest BCUT2D eigenvalue weighted by molar-refractivity contribution is -0.122. The summed E-state index contributed by atoms with van der Waals surface area (Å²) in [5.41, 5.74) is 2.06. The first-order valence-electron chi connectivity index (χ1n) is 14.0. The van der Waals surface area contributed by atoms with Crippen LogP contribution in [0.2, 0.25) is 0 Å². The topological polar surface area (TPSA) is 72.6 Å². The van der Waals surface area contributed by atoms with E-state index in [-0.39, 0.29) is 22.8 Å². The third-order valence-electron chi connectivity index (χ3n) is 7.49. The van der Waals surface area contributed by atoms with E-state index in [4.69, 9.17) is 12.2 Å². The van der Waals surface area contributed by atoms with Crippen LogP contribution in [0.3, 0.4) is 0 Å². The third kappa shape index (κ3) is 6.26. The quantitative estimate of drug-likeness (QED) is 0.203. The van der Waals surface area contributed by atoms with E-state index in [1.165, 1.54) is 23.9 Å². The van der Waals surface area contributed by atoms with Crippen molar-refractivity contribution in [3.8, 4) is 6.07 Å². The first kappa shape index (κ1) is 29.8. The fraction of sp³-hybridized carbons (Fsp3) is 0.467. The zero-order valence-electron chi connectivity index (χ0n) is 23.4. The van der Waals surface area contributed by atoms with Gasteiger partial charge in [-0.25, -0.2) is 4.39 Å². The molecule has 0 N–H and O–H groups in total. The molecule has 4 rings (SSSR count). The van der Waals surface area contributed by atoms with Crippen molar-refractivity contribution in [2.24, 2.45) is 0 Å². The molecule has 2 aromatic rings. The Kier molecular flexibility index (Phi) is 10.0. The number of hydrogen-bond donors (Lipinski definition) is 0. The Balaban J connectivity index is 1.75. The Labute approximate surface area is 245 Å². The lowest BCUT2D eigenvalue weighted by Gasteiger charge is -2.39. The number of piperazine rings is 1. The Morgan fingerprint density at radius 1 is 1.00 bits per heavy atom. The number of pyridine rings is 1. The van der Waals surface area contributed by atoms with Gasteiger partial charge in [-0.1, -0.05) is 57.1 Å². The van der Waals surface area contributed by atoms with Gasteiger partial charge in [0.15, 0.2) is 0 Å². The van der Waals surface area contributed by atoms with E-state index in [2.05, 4.69) is 29.7 Å². The second-order valence-electron chi connectivity index (χ2n) is 10.2. The van der Waals surface area contributed by atoms with Crippen LogP contribution >= 0.6 is 24.0 Å². The zero-order chi connectivity index (χ0) is 28.8. The molecule has 0 aliphatic carbocycles. The summed E-state index contributed by atoms with van der Waals surface area (Å²) in [6.07, 6.45) is 6.48. The molecule has 1 amide bonds. The minimum absolute atomic E-state index is 0.106. The Hall–Kier alpha value is -3.16. The number of carbonyl (C=O) groups is 1. The minimum Gasteiger partial charge on any atom is -0.368 e. The molecule has 0 unspecified atom stereocenters. The number of nitrogens with zero attached hydrogens (tertiary/aromatic N) is 5. The zero-order valence-corrected chi connectivity index (χ0v) is 25.0. The van der Waals surface area contributed by atoms with E-state index in [9.17, 15) is 19.2 Å². The maximum atomic E-state index is 13.6. The number of thiocarbonyl (C=S) groups is 1. The monoisotopic (exact) mass is 581 g/mol. The Morgan fingerprint density at radius 2 is 1.65 bits per heavy atom. The van der Waals surface area contributed by atoms with Crippen LogP contribution in [0.1, 0.15) is 62.6 Å². The summed E-state index contributed by atoms with van der Waals surface area (Å²) in [6, 6.07) is 8.61. The number of nitriles is 1. The van der Waals surface area contributed by atoms with Crippen molar-refractivity contribution in [2.75, 3.05) is 42.5 Å². The van der Waals surface area contributed by atoms with E-state index < -0.39 is 0 Å². The van der Waals surface area contributed by atoms with Gasteiger partial charge in [0, 0.05) is 50.5 Å². The van der Waals surface area contributed by atoms with E-state index >= 15 is 0 Å². The summed E-state index contributed by atoms with van der Waals surface area (Å²) >= 11 is 6.83. The molecule has 0 bridgehead atoms. The summed E-state index contributed by atoms with van der Waals surface area (Å²) in [4.78, 5) is 33.5. The molecule has 2 fully saturated rings. The van der Waals surface area contributed by atoms with Crippen molar-refractivity contribution in [1.29, 1.82) is 5.26 Å². The van der Waals surface area contributed by atoms with E-state index in [0.29, 0.717) is 54.1 Å². The second-order valence-corrected chi connectivity index (χ2v) is 11.8. The van der Waals surface area contributed by atoms with Crippen LogP contribution in [-0.4, -0.2) is 52.4 Å². The number of thioether (sulfide) groups is 1. The number of rotatable bonds is 10. The van der Waals surface area contributed by atoms with Crippen molar-refractivity contribution in [3.63, 3.8) is 0 Å². The minimum atomic E-state index is -0.298. The van der Waals surface area contributed by atoms with Crippen LogP contribution in [0, 0.1) is 24.1 Å². The number of carbonyl (C=O) groups excluding carboxylic acids is 1. The predicted molar refractivity (Wildman–Crippen MR) is 165 cm³/mol. The van der Waals surface area contributed by atoms with Gasteiger partial charge in [-0.2, -0.15) is 5.26 Å². The molecule has 0 saturated carbocycles. The molecule has 212 valence electrons. The van der Waals surface area contributed by atoms with Crippen LogP contribution in [-0.2, 0) is 11.3 Å². The molecule has 10 heteroatoms. The van der Waals surface area contributed by atoms with Gasteiger partial charge in [-0.15, -0.1) is 0 Å². The normalized spacial score (nSPS) is 16.8. The van der Waals surface area contributed by atoms with Crippen molar-refractivity contribution in [1.82, 2.24) is 9.47 Å². The largest absolute Gasteiger partial charge is 0.368 e. The Morgan fingerprint density at radius 3 is 2.27 bits per heavy atom. The van der Waals surface area contributed by atoms with Crippen LogP contribution in [0.25, 0.3) is 6.08 Å². The summed E-state index contributed by atoms with van der Waals surface area (Å²) in [5.74, 6) is 0.350. The van der Waals surface area contributed by atoms with Crippen LogP contribution in [0.15, 0.2) is 34.0 Å². The number of hydrogen-bond acceptors (Lipinski definition) is 7. The number of amides is 1. The molecule has 40 heavy (non-hydrogen) atoms. The fourth-order valence-corrected chi connectivity index (χ4v) is 6.47. The highest BCUT2D eigenvalue weighted by atomic mass is 32.2. The summed E-state index contributed by atoms with van der Waals surface area (Å²) in [6.45, 7) is 9.68. The molecule has 1 aromatic carbocycles. The van der Waals surface area contributed by atoms with Crippen LogP contribution < -0.4 is 15.4 Å². The van der Waals surface area contributed by atoms with E-state index in [1.807, 2.05) is 6.08 Å². The summed E-state index contributed by atoms with van der Waals surface area (Å²) < 4.78 is 15.7. The van der Waals surface area contributed by atoms with Gasteiger partial charge in [0.2, 0.25) is 0 Å². The predicted octanol–water partition coefficient (Wildman–Crippen LogP) is 5.69. The van der Waals surface area contributed by atoms with Gasteiger partial charge in [-0.05, 0) is 55.7 Å². The first-order valence-corrected chi connectivity index (χ1v) is 15.2. The smallest absolute Gasteiger partial charge is 0.270 e. The third-order valence-corrected chi connectivity index (χ3v) is 8.86. The molecule has 0 atom stereocenters. The molecule has 3 heterocycles. The highest BCUT2D eigenvalue weighted by molar-refractivity contribution is 8.26. The second kappa shape index (κ2) is 13.5. The molecule has 1 aromatic heterocycles. The molecule has 0 spiro atoms. The average Bonchev–Trinajstić information content (AvgIpc) is 3.22. The summed E-state index contributed by atoms with van der Waals surface area (Å²) in [7, 11) is 0. The molecule has 2 saturated heterocycles. The fourth-order valence-electron chi connectivity index (χ4n) is 5.18. The SMILES string of the molecule is CCCCCN1C(=O)/C(=C/c2c(C)c(C#N)c(=O)n(CCCC)c2N2CCN(c3ccc(F)cc3)CC2)SC1=S. The maximum absolute atomic E-state index is 13.6. The maximum Gasteiger partial charge on any atom is 0.270 e. The lowest BCUT2D eigenvalue weighted by atomic mass is 10.0. The van der Waals surface area contributed by atoms with Gasteiger partial charge < -0.3 is 9.80 Å². The number of halogens is 1. The van der Waals surface area contributed by atoms with Crippen molar-refractivity contribution >= 4 is 51.8 Å². The van der Waals surface area contributed by atoms with Gasteiger partial charge in [0.25, 0.3) is 11.5 Å². The summed E-state index contributed by atoms with van der Waals surface area (Å²) in [5, 5.41) is 9.94. The molecule has 0 radical (unpaired) electrons. The van der Waals surface area contributed by atoms with Gasteiger partial charge in [0.1, 0.15) is 27.6 Å².